The van der Waals surface area contributed by atoms with Crippen LogP contribution in [0.15, 0.2) is 36.1 Å². The molecule has 0 saturated heterocycles. The Morgan fingerprint density at radius 3 is 2.56 bits per heavy atom. The lowest BCUT2D eigenvalue weighted by molar-refractivity contribution is -0.138. The molecule has 0 atom stereocenters. The number of aliphatic hydroxyl groups excluding tert-OH is 1. The zero-order valence-electron chi connectivity index (χ0n) is 8.80. The third kappa shape index (κ3) is 2.85. The van der Waals surface area contributed by atoms with E-state index in [1.54, 1.807) is 43.3 Å². The Morgan fingerprint density at radius 2 is 2.06 bits per heavy atom. The molecule has 0 bridgehead atoms. The minimum Gasteiger partial charge on any atom is -0.503 e. The van der Waals surface area contributed by atoms with Crippen LogP contribution in [-0.2, 0) is 9.53 Å². The first-order valence-electron chi connectivity index (χ1n) is 4.78. The third-order valence-corrected chi connectivity index (χ3v) is 1.87. The molecule has 0 heterocycles. The number of carbonyl (C=O) groups excluding carboxylic acids is 1. The van der Waals surface area contributed by atoms with Crippen molar-refractivity contribution in [3.05, 3.63) is 41.7 Å². The van der Waals surface area contributed by atoms with Gasteiger partial charge in [-0.15, -0.1) is 0 Å². The molecular weight excluding hydrogens is 206 g/mol. The van der Waals surface area contributed by atoms with Gasteiger partial charge in [-0.2, -0.15) is 5.26 Å². The van der Waals surface area contributed by atoms with Crippen molar-refractivity contribution >= 4 is 11.7 Å². The van der Waals surface area contributed by atoms with Crippen LogP contribution < -0.4 is 0 Å². The first-order chi connectivity index (χ1) is 7.69. The number of hydrogen-bond donors (Lipinski definition) is 1. The van der Waals surface area contributed by atoms with Gasteiger partial charge in [0.05, 0.1) is 0 Å². The van der Waals surface area contributed by atoms with Crippen LogP contribution in [-0.4, -0.2) is 11.1 Å². The van der Waals surface area contributed by atoms with Crippen molar-refractivity contribution < 1.29 is 14.6 Å². The Hall–Kier alpha value is -2.28. The first-order valence-corrected chi connectivity index (χ1v) is 4.78. The lowest BCUT2D eigenvalue weighted by Gasteiger charge is -2.04. The Labute approximate surface area is 93.4 Å². The van der Waals surface area contributed by atoms with Gasteiger partial charge < -0.3 is 9.84 Å². The van der Waals surface area contributed by atoms with Crippen LogP contribution in [0.1, 0.15) is 18.9 Å². The van der Waals surface area contributed by atoms with Crippen molar-refractivity contribution in [2.24, 2.45) is 0 Å². The van der Waals surface area contributed by atoms with Crippen molar-refractivity contribution in [3.63, 3.8) is 0 Å². The molecule has 0 spiro atoms. The average molecular weight is 217 g/mol. The Bertz CT molecular complexity index is 443. The van der Waals surface area contributed by atoms with Crippen LogP contribution in [0.3, 0.4) is 0 Å². The molecule has 4 heteroatoms. The van der Waals surface area contributed by atoms with Crippen molar-refractivity contribution in [3.8, 4) is 6.07 Å². The molecule has 1 aromatic rings. The fourth-order valence-corrected chi connectivity index (χ4v) is 1.04. The van der Waals surface area contributed by atoms with E-state index in [0.29, 0.717) is 5.56 Å². The van der Waals surface area contributed by atoms with E-state index in [9.17, 15) is 9.90 Å². The van der Waals surface area contributed by atoms with Crippen molar-refractivity contribution in [1.82, 2.24) is 0 Å². The van der Waals surface area contributed by atoms with Crippen molar-refractivity contribution in [1.29, 1.82) is 5.26 Å². The number of aliphatic hydroxyl groups is 1. The van der Waals surface area contributed by atoms with Crippen LogP contribution in [0, 0.1) is 11.3 Å². The second-order valence-electron chi connectivity index (χ2n) is 2.98. The standard InChI is InChI=1S/C12H11NO3/c1-2-11(14)16-10(8-13)12(15)9-6-4-3-5-7-9/h3-7,15H,2H2,1H3/b12-10-. The lowest BCUT2D eigenvalue weighted by Crippen LogP contribution is -2.03. The van der Waals surface area contributed by atoms with E-state index in [4.69, 9.17) is 10.00 Å². The van der Waals surface area contributed by atoms with Crippen LogP contribution in [0.2, 0.25) is 0 Å². The summed E-state index contributed by atoms with van der Waals surface area (Å²) < 4.78 is 4.69. The molecular formula is C12H11NO3. The largest absolute Gasteiger partial charge is 0.503 e. The number of rotatable bonds is 3. The molecule has 1 rings (SSSR count). The summed E-state index contributed by atoms with van der Waals surface area (Å²) >= 11 is 0. The number of nitriles is 1. The zero-order chi connectivity index (χ0) is 12.0. The van der Waals surface area contributed by atoms with Gasteiger partial charge in [0.1, 0.15) is 6.07 Å². The highest BCUT2D eigenvalue weighted by molar-refractivity contribution is 5.74. The summed E-state index contributed by atoms with van der Waals surface area (Å²) in [5.41, 5.74) is 0.433. The second kappa shape index (κ2) is 5.56. The maximum absolute atomic E-state index is 11.0. The van der Waals surface area contributed by atoms with Gasteiger partial charge in [-0.25, -0.2) is 0 Å². The summed E-state index contributed by atoms with van der Waals surface area (Å²) in [6.07, 6.45) is 0.146. The fraction of sp³-hybridized carbons (Fsp3) is 0.167. The number of ether oxygens (including phenoxy) is 1. The molecule has 0 aliphatic carbocycles. The van der Waals surface area contributed by atoms with Gasteiger partial charge in [-0.05, 0) is 0 Å². The van der Waals surface area contributed by atoms with Crippen LogP contribution in [0.4, 0.5) is 0 Å². The highest BCUT2D eigenvalue weighted by Gasteiger charge is 2.12. The minimum absolute atomic E-state index is 0.146. The molecule has 4 nitrogen and oxygen atoms in total. The molecule has 0 aromatic heterocycles. The molecule has 0 aliphatic rings. The van der Waals surface area contributed by atoms with Crippen molar-refractivity contribution in [2.75, 3.05) is 0 Å². The molecule has 82 valence electrons. The first kappa shape index (κ1) is 11.8. The third-order valence-electron chi connectivity index (χ3n) is 1.87. The summed E-state index contributed by atoms with van der Waals surface area (Å²) in [5.74, 6) is -1.26. The average Bonchev–Trinajstić information content (AvgIpc) is 2.35. The summed E-state index contributed by atoms with van der Waals surface area (Å²) in [5, 5.41) is 18.5. The number of hydrogen-bond acceptors (Lipinski definition) is 4. The summed E-state index contributed by atoms with van der Waals surface area (Å²) in [6, 6.07) is 10.1. The summed E-state index contributed by atoms with van der Waals surface area (Å²) in [7, 11) is 0. The number of esters is 1. The van der Waals surface area contributed by atoms with Gasteiger partial charge in [0.15, 0.2) is 5.76 Å². The number of allylic oxidation sites excluding steroid dienone is 1. The molecule has 0 radical (unpaired) electrons. The fourth-order valence-electron chi connectivity index (χ4n) is 1.04. The maximum atomic E-state index is 11.0. The van der Waals surface area contributed by atoms with E-state index in [0.717, 1.165) is 0 Å². The molecule has 16 heavy (non-hydrogen) atoms. The van der Waals surface area contributed by atoms with Crippen LogP contribution in [0.25, 0.3) is 5.76 Å². The maximum Gasteiger partial charge on any atom is 0.311 e. The Kier molecular flexibility index (Phi) is 4.10. The van der Waals surface area contributed by atoms with Gasteiger partial charge in [-0.3, -0.25) is 4.79 Å². The second-order valence-corrected chi connectivity index (χ2v) is 2.98. The molecule has 0 aliphatic heterocycles. The number of benzene rings is 1. The quantitative estimate of drug-likeness (QED) is 0.479. The molecule has 0 amide bonds. The number of carbonyl (C=O) groups is 1. The van der Waals surface area contributed by atoms with Crippen molar-refractivity contribution in [2.45, 2.75) is 13.3 Å². The van der Waals surface area contributed by atoms with E-state index in [-0.39, 0.29) is 17.9 Å². The normalized spacial score (nSPS) is 11.2. The van der Waals surface area contributed by atoms with Gasteiger partial charge in [0.25, 0.3) is 0 Å². The molecule has 0 saturated carbocycles. The van der Waals surface area contributed by atoms with E-state index in [1.165, 1.54) is 0 Å². The van der Waals surface area contributed by atoms with Gasteiger partial charge >= 0.3 is 5.97 Å². The summed E-state index contributed by atoms with van der Waals surface area (Å²) in [4.78, 5) is 11.0. The van der Waals surface area contributed by atoms with Crippen LogP contribution in [0.5, 0.6) is 0 Å². The molecule has 1 aromatic carbocycles. The van der Waals surface area contributed by atoms with E-state index < -0.39 is 5.97 Å². The predicted molar refractivity (Wildman–Crippen MR) is 58.0 cm³/mol. The van der Waals surface area contributed by atoms with Gasteiger partial charge in [-0.1, -0.05) is 37.3 Å². The highest BCUT2D eigenvalue weighted by atomic mass is 16.5. The van der Waals surface area contributed by atoms with Gasteiger partial charge in [0.2, 0.25) is 5.76 Å². The lowest BCUT2D eigenvalue weighted by atomic mass is 10.2. The smallest absolute Gasteiger partial charge is 0.311 e. The van der Waals surface area contributed by atoms with E-state index in [2.05, 4.69) is 0 Å². The van der Waals surface area contributed by atoms with Crippen LogP contribution >= 0.6 is 0 Å². The van der Waals surface area contributed by atoms with Gasteiger partial charge in [0, 0.05) is 12.0 Å². The highest BCUT2D eigenvalue weighted by Crippen LogP contribution is 2.16. The SMILES string of the molecule is CCC(=O)O/C(C#N)=C(\O)c1ccccc1. The molecule has 0 unspecified atom stereocenters. The van der Waals surface area contributed by atoms with E-state index in [1.807, 2.05) is 0 Å². The van der Waals surface area contributed by atoms with E-state index >= 15 is 0 Å². The topological polar surface area (TPSA) is 70.3 Å². The Morgan fingerprint density at radius 1 is 1.44 bits per heavy atom. The Balaban J connectivity index is 3.02. The number of nitrogens with zero attached hydrogens (tertiary/aromatic N) is 1. The zero-order valence-corrected chi connectivity index (χ0v) is 8.80. The predicted octanol–water partition coefficient (Wildman–Crippen LogP) is 2.39. The minimum atomic E-state index is -0.556. The molecule has 0 fully saturated rings. The molecule has 1 N–H and O–H groups in total. The monoisotopic (exact) mass is 217 g/mol. The summed E-state index contributed by atoms with van der Waals surface area (Å²) in [6.45, 7) is 1.61.